The van der Waals surface area contributed by atoms with Crippen LogP contribution in [0.4, 0.5) is 5.13 Å². The van der Waals surface area contributed by atoms with Crippen LogP contribution in [0.15, 0.2) is 4.34 Å². The summed E-state index contributed by atoms with van der Waals surface area (Å²) in [6.45, 7) is 4.92. The van der Waals surface area contributed by atoms with Crippen molar-refractivity contribution in [3.05, 3.63) is 0 Å². The van der Waals surface area contributed by atoms with Gasteiger partial charge in [-0.05, 0) is 13.3 Å². The Bertz CT molecular complexity index is 529. The number of hydrogen-bond acceptors (Lipinski definition) is 7. The molecule has 1 aromatic rings. The summed E-state index contributed by atoms with van der Waals surface area (Å²) >= 11 is 0.816. The predicted octanol–water partition coefficient (Wildman–Crippen LogP) is 0.592. The number of amides is 1. The number of ether oxygens (including phenoxy) is 1. The molecule has 1 rings (SSSR count). The van der Waals surface area contributed by atoms with Crippen LogP contribution in [0.5, 0.6) is 0 Å². The van der Waals surface area contributed by atoms with Crippen molar-refractivity contribution >= 4 is 32.4 Å². The first-order valence-corrected chi connectivity index (χ1v) is 8.50. The van der Waals surface area contributed by atoms with Crippen LogP contribution in [-0.4, -0.2) is 44.3 Å². The van der Waals surface area contributed by atoms with E-state index in [1.165, 1.54) is 0 Å². The number of rotatable bonds is 9. The summed E-state index contributed by atoms with van der Waals surface area (Å²) in [5, 5.41) is 9.82. The molecule has 1 aromatic heterocycles. The second-order valence-electron chi connectivity index (χ2n) is 3.72. The minimum absolute atomic E-state index is 0.166. The van der Waals surface area contributed by atoms with Crippen molar-refractivity contribution < 1.29 is 17.9 Å². The average molecular weight is 322 g/mol. The van der Waals surface area contributed by atoms with Crippen LogP contribution in [0.2, 0.25) is 0 Å². The van der Waals surface area contributed by atoms with Gasteiger partial charge in [0.2, 0.25) is 15.4 Å². The quantitative estimate of drug-likeness (QED) is 0.508. The van der Waals surface area contributed by atoms with Crippen LogP contribution in [-0.2, 0) is 19.6 Å². The van der Waals surface area contributed by atoms with Crippen LogP contribution < -0.4 is 10.0 Å². The van der Waals surface area contributed by atoms with E-state index in [4.69, 9.17) is 4.74 Å². The first-order valence-electron chi connectivity index (χ1n) is 6.20. The molecule has 0 saturated heterocycles. The summed E-state index contributed by atoms with van der Waals surface area (Å²) in [7, 11) is -3.68. The second kappa shape index (κ2) is 8.25. The lowest BCUT2D eigenvalue weighted by Crippen LogP contribution is -2.25. The van der Waals surface area contributed by atoms with E-state index >= 15 is 0 Å². The molecule has 2 N–H and O–H groups in total. The van der Waals surface area contributed by atoms with Gasteiger partial charge in [-0.1, -0.05) is 18.3 Å². The Kier molecular flexibility index (Phi) is 6.99. The molecular weight excluding hydrogens is 304 g/mol. The van der Waals surface area contributed by atoms with Gasteiger partial charge in [-0.3, -0.25) is 4.79 Å². The van der Waals surface area contributed by atoms with E-state index in [9.17, 15) is 13.2 Å². The van der Waals surface area contributed by atoms with E-state index in [0.29, 0.717) is 19.6 Å². The van der Waals surface area contributed by atoms with Gasteiger partial charge in [-0.15, -0.1) is 10.2 Å². The fraction of sp³-hybridized carbons (Fsp3) is 0.700. The zero-order valence-corrected chi connectivity index (χ0v) is 13.0. The third kappa shape index (κ3) is 5.49. The molecule has 0 spiro atoms. The zero-order valence-electron chi connectivity index (χ0n) is 11.4. The monoisotopic (exact) mass is 322 g/mol. The Morgan fingerprint density at radius 2 is 2.10 bits per heavy atom. The van der Waals surface area contributed by atoms with Crippen molar-refractivity contribution in [2.75, 3.05) is 25.1 Å². The molecule has 1 amide bonds. The molecule has 1 heterocycles. The Morgan fingerprint density at radius 3 is 2.75 bits per heavy atom. The SMILES string of the molecule is CCOCCCNS(=O)(=O)c1nnc(NC(=O)CC)s1. The largest absolute Gasteiger partial charge is 0.382 e. The molecule has 114 valence electrons. The number of sulfonamides is 1. The fourth-order valence-corrected chi connectivity index (χ4v) is 3.19. The summed E-state index contributed by atoms with van der Waals surface area (Å²) in [5.74, 6) is -0.241. The van der Waals surface area contributed by atoms with Gasteiger partial charge in [0.15, 0.2) is 0 Å². The summed E-state index contributed by atoms with van der Waals surface area (Å²) in [6, 6.07) is 0. The minimum Gasteiger partial charge on any atom is -0.382 e. The fourth-order valence-electron chi connectivity index (χ4n) is 1.16. The first-order chi connectivity index (χ1) is 9.49. The Labute approximate surface area is 122 Å². The number of hydrogen-bond donors (Lipinski definition) is 2. The number of carbonyl (C=O) groups excluding carboxylic acids is 1. The van der Waals surface area contributed by atoms with Crippen molar-refractivity contribution in [1.82, 2.24) is 14.9 Å². The van der Waals surface area contributed by atoms with E-state index in [0.717, 1.165) is 11.3 Å². The highest BCUT2D eigenvalue weighted by molar-refractivity contribution is 7.91. The summed E-state index contributed by atoms with van der Waals surface area (Å²) in [6.07, 6.45) is 0.864. The number of nitrogens with one attached hydrogen (secondary N) is 2. The van der Waals surface area contributed by atoms with Crippen LogP contribution in [0.3, 0.4) is 0 Å². The lowest BCUT2D eigenvalue weighted by Gasteiger charge is -2.03. The molecular formula is C10H18N4O4S2. The molecule has 0 aliphatic carbocycles. The van der Waals surface area contributed by atoms with Crippen molar-refractivity contribution in [3.8, 4) is 0 Å². The maximum atomic E-state index is 11.9. The lowest BCUT2D eigenvalue weighted by atomic mass is 10.5. The van der Waals surface area contributed by atoms with Crippen molar-refractivity contribution in [3.63, 3.8) is 0 Å². The lowest BCUT2D eigenvalue weighted by molar-refractivity contribution is -0.115. The molecule has 0 unspecified atom stereocenters. The third-order valence-electron chi connectivity index (χ3n) is 2.17. The van der Waals surface area contributed by atoms with Gasteiger partial charge in [-0.2, -0.15) is 0 Å². The van der Waals surface area contributed by atoms with Crippen LogP contribution in [0.1, 0.15) is 26.7 Å². The van der Waals surface area contributed by atoms with E-state index in [1.54, 1.807) is 6.92 Å². The number of carbonyl (C=O) groups is 1. The van der Waals surface area contributed by atoms with Gasteiger partial charge < -0.3 is 10.1 Å². The zero-order chi connectivity index (χ0) is 15.0. The minimum atomic E-state index is -3.68. The molecule has 0 radical (unpaired) electrons. The van der Waals surface area contributed by atoms with Gasteiger partial charge in [0.05, 0.1) is 0 Å². The normalized spacial score (nSPS) is 11.5. The second-order valence-corrected chi connectivity index (χ2v) is 6.64. The Balaban J connectivity index is 2.53. The van der Waals surface area contributed by atoms with Gasteiger partial charge in [0.1, 0.15) is 0 Å². The van der Waals surface area contributed by atoms with E-state index in [2.05, 4.69) is 20.2 Å². The molecule has 20 heavy (non-hydrogen) atoms. The molecule has 0 saturated carbocycles. The highest BCUT2D eigenvalue weighted by atomic mass is 32.2. The number of anilines is 1. The standard InChI is InChI=1S/C10H18N4O4S2/c1-3-8(15)12-9-13-14-10(19-9)20(16,17)11-6-5-7-18-4-2/h11H,3-7H2,1-2H3,(H,12,13,15). The highest BCUT2D eigenvalue weighted by Crippen LogP contribution is 2.19. The van der Waals surface area contributed by atoms with Crippen LogP contribution >= 0.6 is 11.3 Å². The maximum Gasteiger partial charge on any atom is 0.269 e. The first kappa shape index (κ1) is 17.0. The maximum absolute atomic E-state index is 11.9. The topological polar surface area (TPSA) is 110 Å². The summed E-state index contributed by atoms with van der Waals surface area (Å²) < 4.78 is 31.1. The van der Waals surface area contributed by atoms with Crippen molar-refractivity contribution in [2.24, 2.45) is 0 Å². The Hall–Kier alpha value is -1.10. The molecule has 0 aliphatic rings. The Morgan fingerprint density at radius 1 is 1.35 bits per heavy atom. The number of nitrogens with zero attached hydrogens (tertiary/aromatic N) is 2. The summed E-state index contributed by atoms with van der Waals surface area (Å²) in [5.41, 5.74) is 0. The summed E-state index contributed by atoms with van der Waals surface area (Å²) in [4.78, 5) is 11.2. The van der Waals surface area contributed by atoms with Gasteiger partial charge in [0.25, 0.3) is 10.0 Å². The molecule has 0 aliphatic heterocycles. The highest BCUT2D eigenvalue weighted by Gasteiger charge is 2.20. The van der Waals surface area contributed by atoms with Crippen molar-refractivity contribution in [1.29, 1.82) is 0 Å². The molecule has 10 heteroatoms. The smallest absolute Gasteiger partial charge is 0.269 e. The van der Waals surface area contributed by atoms with Crippen molar-refractivity contribution in [2.45, 2.75) is 31.0 Å². The van der Waals surface area contributed by atoms with Gasteiger partial charge >= 0.3 is 0 Å². The van der Waals surface area contributed by atoms with Crippen LogP contribution in [0, 0.1) is 0 Å². The van der Waals surface area contributed by atoms with Gasteiger partial charge in [0, 0.05) is 26.2 Å². The van der Waals surface area contributed by atoms with E-state index in [1.807, 2.05) is 6.92 Å². The molecule has 8 nitrogen and oxygen atoms in total. The number of aromatic nitrogens is 2. The van der Waals surface area contributed by atoms with E-state index in [-0.39, 0.29) is 28.3 Å². The van der Waals surface area contributed by atoms with Gasteiger partial charge in [-0.25, -0.2) is 13.1 Å². The molecule has 0 bridgehead atoms. The third-order valence-corrected chi connectivity index (χ3v) is 4.83. The average Bonchev–Trinajstić information content (AvgIpc) is 2.87. The van der Waals surface area contributed by atoms with E-state index < -0.39 is 10.0 Å². The van der Waals surface area contributed by atoms with Crippen LogP contribution in [0.25, 0.3) is 0 Å². The molecule has 0 fully saturated rings. The molecule has 0 aromatic carbocycles. The molecule has 0 atom stereocenters. The predicted molar refractivity (Wildman–Crippen MR) is 75.1 cm³/mol.